The number of fused-ring (bicyclic) bond motifs is 3. The van der Waals surface area contributed by atoms with Crippen molar-refractivity contribution < 1.29 is 13.2 Å². The zero-order valence-corrected chi connectivity index (χ0v) is 17.3. The van der Waals surface area contributed by atoms with Crippen LogP contribution in [-0.2, 0) is 10.0 Å². The molecule has 3 aromatic rings. The van der Waals surface area contributed by atoms with E-state index in [1.54, 1.807) is 18.2 Å². The average Bonchev–Trinajstić information content (AvgIpc) is 3.18. The summed E-state index contributed by atoms with van der Waals surface area (Å²) in [6.45, 7) is 3.50. The molecule has 5 rings (SSSR count). The molecule has 1 N–H and O–H groups in total. The number of piperidine rings is 1. The lowest BCUT2D eigenvalue weighted by Crippen LogP contribution is -2.49. The molecule has 0 aliphatic carbocycles. The summed E-state index contributed by atoms with van der Waals surface area (Å²) < 4.78 is 34.7. The molecule has 2 aromatic heterocycles. The molecule has 1 aromatic carbocycles. The van der Waals surface area contributed by atoms with Gasteiger partial charge in [-0.15, -0.1) is 0 Å². The van der Waals surface area contributed by atoms with Crippen LogP contribution in [0.1, 0.15) is 37.1 Å². The summed E-state index contributed by atoms with van der Waals surface area (Å²) in [5.74, 6) is 0.603. The minimum absolute atomic E-state index is 0.0286. The summed E-state index contributed by atoms with van der Waals surface area (Å²) in [6, 6.07) is 11.8. The smallest absolute Gasteiger partial charge is 0.247 e. The largest absolute Gasteiger partial charge is 0.474 e. The highest BCUT2D eigenvalue weighted by molar-refractivity contribution is 7.89. The Morgan fingerprint density at radius 1 is 1.07 bits per heavy atom. The van der Waals surface area contributed by atoms with E-state index in [0.29, 0.717) is 35.0 Å². The molecule has 2 saturated heterocycles. The van der Waals surface area contributed by atoms with E-state index in [1.807, 2.05) is 36.4 Å². The third-order valence-electron chi connectivity index (χ3n) is 6.08. The molecule has 0 spiro atoms. The summed E-state index contributed by atoms with van der Waals surface area (Å²) in [4.78, 5) is 4.93. The standard InChI is InChI=1S/C21H24N4O3S/c1-13-21(14(2)24-23-13)29(26,27)25-16-8-9-17(25)12-18(11-16)28-20-10-7-15-5-3-4-6-19(15)22-20/h3-7,10,16-18H,8-9,11-12H2,1-2H3,(H,23,24)/t16-,17+,18+. The molecule has 0 radical (unpaired) electrons. The van der Waals surface area contributed by atoms with Gasteiger partial charge in [0.2, 0.25) is 15.9 Å². The van der Waals surface area contributed by atoms with Crippen molar-refractivity contribution in [2.24, 2.45) is 0 Å². The van der Waals surface area contributed by atoms with Crippen molar-refractivity contribution in [3.63, 3.8) is 0 Å². The third-order valence-corrected chi connectivity index (χ3v) is 8.35. The molecule has 3 atom stereocenters. The molecular formula is C21H24N4O3S. The van der Waals surface area contributed by atoms with Gasteiger partial charge in [-0.05, 0) is 38.8 Å². The molecule has 2 aliphatic rings. The van der Waals surface area contributed by atoms with Crippen molar-refractivity contribution in [2.45, 2.75) is 62.6 Å². The normalized spacial score (nSPS) is 24.8. The molecule has 7 nitrogen and oxygen atoms in total. The molecule has 2 aliphatic heterocycles. The highest BCUT2D eigenvalue weighted by Gasteiger charge is 2.49. The minimum Gasteiger partial charge on any atom is -0.474 e. The zero-order valence-electron chi connectivity index (χ0n) is 16.5. The number of sulfonamides is 1. The van der Waals surface area contributed by atoms with Gasteiger partial charge in [0.05, 0.1) is 16.9 Å². The molecule has 0 unspecified atom stereocenters. The summed E-state index contributed by atoms with van der Waals surface area (Å²) in [6.07, 6.45) is 3.06. The molecule has 4 heterocycles. The van der Waals surface area contributed by atoms with E-state index in [2.05, 4.69) is 15.2 Å². The number of para-hydroxylation sites is 1. The van der Waals surface area contributed by atoms with Crippen LogP contribution in [0.15, 0.2) is 41.3 Å². The van der Waals surface area contributed by atoms with Crippen LogP contribution >= 0.6 is 0 Å². The summed E-state index contributed by atoms with van der Waals surface area (Å²) in [5, 5.41) is 7.95. The minimum atomic E-state index is -3.57. The molecule has 2 bridgehead atoms. The fourth-order valence-corrected chi connectivity index (χ4v) is 7.11. The lowest BCUT2D eigenvalue weighted by molar-refractivity contribution is 0.0921. The van der Waals surface area contributed by atoms with Gasteiger partial charge in [-0.2, -0.15) is 9.40 Å². The predicted octanol–water partition coefficient (Wildman–Crippen LogP) is 3.34. The predicted molar refractivity (Wildman–Crippen MR) is 109 cm³/mol. The number of rotatable bonds is 4. The molecule has 29 heavy (non-hydrogen) atoms. The first-order valence-electron chi connectivity index (χ1n) is 10.0. The van der Waals surface area contributed by atoms with Gasteiger partial charge in [-0.1, -0.05) is 18.2 Å². The Balaban J connectivity index is 1.37. The number of nitrogens with zero attached hydrogens (tertiary/aromatic N) is 3. The monoisotopic (exact) mass is 412 g/mol. The van der Waals surface area contributed by atoms with Crippen LogP contribution in [0.2, 0.25) is 0 Å². The lowest BCUT2D eigenvalue weighted by atomic mass is 10.0. The van der Waals surface area contributed by atoms with Gasteiger partial charge >= 0.3 is 0 Å². The van der Waals surface area contributed by atoms with Crippen LogP contribution in [0, 0.1) is 13.8 Å². The van der Waals surface area contributed by atoms with E-state index < -0.39 is 10.0 Å². The van der Waals surface area contributed by atoms with Crippen LogP contribution in [0.4, 0.5) is 0 Å². The Labute approximate surface area is 170 Å². The van der Waals surface area contributed by atoms with Gasteiger partial charge in [-0.3, -0.25) is 5.10 Å². The van der Waals surface area contributed by atoms with Crippen molar-refractivity contribution >= 4 is 20.9 Å². The summed E-state index contributed by atoms with van der Waals surface area (Å²) >= 11 is 0. The fraction of sp³-hybridized carbons (Fsp3) is 0.429. The van der Waals surface area contributed by atoms with E-state index in [4.69, 9.17) is 4.74 Å². The van der Waals surface area contributed by atoms with E-state index in [9.17, 15) is 8.42 Å². The first kappa shape index (κ1) is 18.6. The molecule has 0 amide bonds. The maximum atomic E-state index is 13.4. The number of hydrogen-bond donors (Lipinski definition) is 1. The average molecular weight is 413 g/mol. The van der Waals surface area contributed by atoms with Gasteiger partial charge in [0.1, 0.15) is 11.0 Å². The van der Waals surface area contributed by atoms with Crippen molar-refractivity contribution in [1.82, 2.24) is 19.5 Å². The van der Waals surface area contributed by atoms with Crippen molar-refractivity contribution in [3.8, 4) is 5.88 Å². The van der Waals surface area contributed by atoms with E-state index >= 15 is 0 Å². The second-order valence-corrected chi connectivity index (χ2v) is 9.82. The Hall–Kier alpha value is -2.45. The SMILES string of the molecule is Cc1n[nH]c(C)c1S(=O)(=O)N1[C@@H]2CC[C@H]1C[C@@H](Oc1ccc3ccccc3n1)C2. The Morgan fingerprint density at radius 2 is 1.79 bits per heavy atom. The van der Waals surface area contributed by atoms with Crippen LogP contribution in [0.3, 0.4) is 0 Å². The molecule has 2 fully saturated rings. The van der Waals surface area contributed by atoms with Gasteiger partial charge < -0.3 is 4.74 Å². The first-order valence-corrected chi connectivity index (χ1v) is 11.4. The maximum absolute atomic E-state index is 13.4. The topological polar surface area (TPSA) is 88.2 Å². The number of aromatic nitrogens is 3. The van der Waals surface area contributed by atoms with Crippen LogP contribution in [0.25, 0.3) is 10.9 Å². The Kier molecular flexibility index (Phi) is 4.36. The van der Waals surface area contributed by atoms with Gasteiger partial charge in [-0.25, -0.2) is 13.4 Å². The molecule has 0 saturated carbocycles. The Morgan fingerprint density at radius 3 is 2.48 bits per heavy atom. The van der Waals surface area contributed by atoms with Crippen molar-refractivity contribution in [3.05, 3.63) is 47.8 Å². The number of hydrogen-bond acceptors (Lipinski definition) is 5. The number of pyridine rings is 1. The Bertz CT molecular complexity index is 1140. The van der Waals surface area contributed by atoms with Crippen LogP contribution in [0.5, 0.6) is 5.88 Å². The highest BCUT2D eigenvalue weighted by Crippen LogP contribution is 2.41. The van der Waals surface area contributed by atoms with Crippen LogP contribution < -0.4 is 4.74 Å². The van der Waals surface area contributed by atoms with Gasteiger partial charge in [0.15, 0.2) is 0 Å². The molecule has 152 valence electrons. The second-order valence-electron chi connectivity index (χ2n) is 8.04. The highest BCUT2D eigenvalue weighted by atomic mass is 32.2. The lowest BCUT2D eigenvalue weighted by Gasteiger charge is -2.37. The summed E-state index contributed by atoms with van der Waals surface area (Å²) in [7, 11) is -3.57. The van der Waals surface area contributed by atoms with E-state index in [-0.39, 0.29) is 18.2 Å². The number of ether oxygens (including phenoxy) is 1. The number of aryl methyl sites for hydroxylation is 2. The number of H-pyrrole nitrogens is 1. The molecular weight excluding hydrogens is 388 g/mol. The van der Waals surface area contributed by atoms with Gasteiger partial charge in [0.25, 0.3) is 0 Å². The number of nitrogens with one attached hydrogen (secondary N) is 1. The number of aromatic amines is 1. The van der Waals surface area contributed by atoms with Crippen molar-refractivity contribution in [2.75, 3.05) is 0 Å². The van der Waals surface area contributed by atoms with Crippen LogP contribution in [-0.4, -0.2) is 46.1 Å². The molecule has 8 heteroatoms. The van der Waals surface area contributed by atoms with E-state index in [0.717, 1.165) is 23.7 Å². The zero-order chi connectivity index (χ0) is 20.2. The maximum Gasteiger partial charge on any atom is 0.247 e. The fourth-order valence-electron chi connectivity index (χ4n) is 4.88. The first-order chi connectivity index (χ1) is 13.9. The van der Waals surface area contributed by atoms with Crippen molar-refractivity contribution in [1.29, 1.82) is 0 Å². The number of benzene rings is 1. The second kappa shape index (κ2) is 6.81. The third kappa shape index (κ3) is 3.11. The quantitative estimate of drug-likeness (QED) is 0.710. The van der Waals surface area contributed by atoms with E-state index in [1.165, 1.54) is 0 Å². The van der Waals surface area contributed by atoms with Gasteiger partial charge in [0, 0.05) is 36.4 Å². The summed E-state index contributed by atoms with van der Waals surface area (Å²) in [5.41, 5.74) is 2.03.